The van der Waals surface area contributed by atoms with E-state index in [1.165, 1.54) is 6.07 Å². The Hall–Kier alpha value is -1.27. The Morgan fingerprint density at radius 1 is 1.28 bits per heavy atom. The van der Waals surface area contributed by atoms with Crippen molar-refractivity contribution < 1.29 is 8.42 Å². The molecule has 0 saturated carbocycles. The van der Waals surface area contributed by atoms with Crippen molar-refractivity contribution in [2.24, 2.45) is 11.1 Å². The number of nitrogens with two attached hydrogens (primary N) is 2. The topological polar surface area (TPSA) is 98.2 Å². The van der Waals surface area contributed by atoms with Crippen LogP contribution >= 0.6 is 0 Å². The number of hydrogen-bond donors (Lipinski definition) is 3. The van der Waals surface area contributed by atoms with Crippen molar-refractivity contribution in [2.75, 3.05) is 17.6 Å². The van der Waals surface area contributed by atoms with Gasteiger partial charge in [0, 0.05) is 12.2 Å². The van der Waals surface area contributed by atoms with Gasteiger partial charge in [0.15, 0.2) is 0 Å². The summed E-state index contributed by atoms with van der Waals surface area (Å²) in [7, 11) is -3.76. The van der Waals surface area contributed by atoms with Crippen LogP contribution in [0.5, 0.6) is 0 Å². The Labute approximate surface area is 109 Å². The fourth-order valence-corrected chi connectivity index (χ4v) is 2.50. The monoisotopic (exact) mass is 271 g/mol. The van der Waals surface area contributed by atoms with Crippen LogP contribution in [0.2, 0.25) is 0 Å². The molecule has 1 aromatic rings. The fourth-order valence-electron chi connectivity index (χ4n) is 1.75. The summed E-state index contributed by atoms with van der Waals surface area (Å²) in [6, 6.07) is 4.69. The number of anilines is 2. The van der Waals surface area contributed by atoms with Crippen LogP contribution in [0.25, 0.3) is 0 Å². The Bertz CT molecular complexity index is 496. The minimum absolute atomic E-state index is 0.0495. The van der Waals surface area contributed by atoms with Gasteiger partial charge in [-0.2, -0.15) is 0 Å². The normalized spacial score (nSPS) is 11.8. The summed E-state index contributed by atoms with van der Waals surface area (Å²) >= 11 is 0. The molecule has 0 spiro atoms. The van der Waals surface area contributed by atoms with E-state index < -0.39 is 10.0 Å². The molecule has 102 valence electrons. The number of sulfonamides is 1. The second-order valence-corrected chi connectivity index (χ2v) is 5.89. The summed E-state index contributed by atoms with van der Waals surface area (Å²) in [6.45, 7) is 4.94. The summed E-state index contributed by atoms with van der Waals surface area (Å²) in [6.07, 6.45) is 2.09. The van der Waals surface area contributed by atoms with Crippen LogP contribution in [0, 0.1) is 5.92 Å². The molecule has 1 aromatic carbocycles. The van der Waals surface area contributed by atoms with E-state index in [1.54, 1.807) is 12.1 Å². The molecular formula is C12H21N3O2S. The molecule has 0 saturated heterocycles. The molecule has 0 aromatic heterocycles. The Balaban J connectivity index is 2.96. The van der Waals surface area contributed by atoms with Crippen LogP contribution in [0.4, 0.5) is 11.4 Å². The molecule has 1 rings (SSSR count). The maximum Gasteiger partial charge on any atom is 0.240 e. The molecule has 0 amide bonds. The minimum atomic E-state index is -3.76. The van der Waals surface area contributed by atoms with E-state index >= 15 is 0 Å². The third kappa shape index (κ3) is 3.89. The lowest BCUT2D eigenvalue weighted by Gasteiger charge is -2.16. The van der Waals surface area contributed by atoms with Gasteiger partial charge < -0.3 is 11.1 Å². The lowest BCUT2D eigenvalue weighted by atomic mass is 10.0. The van der Waals surface area contributed by atoms with Gasteiger partial charge in [-0.15, -0.1) is 0 Å². The molecule has 0 aliphatic heterocycles. The number of hydrogen-bond acceptors (Lipinski definition) is 4. The SMILES string of the molecule is CCC(CC)CNc1ccc(N)cc1S(N)(=O)=O. The van der Waals surface area contributed by atoms with Crippen molar-refractivity contribution in [3.05, 3.63) is 18.2 Å². The molecule has 0 radical (unpaired) electrons. The van der Waals surface area contributed by atoms with Gasteiger partial charge in [0.2, 0.25) is 10.0 Å². The van der Waals surface area contributed by atoms with E-state index in [-0.39, 0.29) is 4.90 Å². The van der Waals surface area contributed by atoms with Gasteiger partial charge in [0.05, 0.1) is 5.69 Å². The van der Waals surface area contributed by atoms with E-state index in [4.69, 9.17) is 10.9 Å². The highest BCUT2D eigenvalue weighted by atomic mass is 32.2. The van der Waals surface area contributed by atoms with Crippen molar-refractivity contribution in [1.29, 1.82) is 0 Å². The van der Waals surface area contributed by atoms with Crippen molar-refractivity contribution in [1.82, 2.24) is 0 Å². The average molecular weight is 271 g/mol. The Morgan fingerprint density at radius 3 is 2.39 bits per heavy atom. The van der Waals surface area contributed by atoms with Gasteiger partial charge in [-0.1, -0.05) is 26.7 Å². The molecule has 0 unspecified atom stereocenters. The van der Waals surface area contributed by atoms with Gasteiger partial charge in [-0.3, -0.25) is 0 Å². The largest absolute Gasteiger partial charge is 0.399 e. The van der Waals surface area contributed by atoms with Gasteiger partial charge in [-0.05, 0) is 24.1 Å². The first-order valence-electron chi connectivity index (χ1n) is 6.04. The molecule has 0 aliphatic carbocycles. The van der Waals surface area contributed by atoms with Crippen molar-refractivity contribution >= 4 is 21.4 Å². The van der Waals surface area contributed by atoms with Crippen LogP contribution < -0.4 is 16.2 Å². The standard InChI is InChI=1S/C12H21N3O2S/c1-3-9(4-2)8-15-11-6-5-10(13)7-12(11)18(14,16)17/h5-7,9,15H,3-4,8,13H2,1-2H3,(H2,14,16,17). The highest BCUT2D eigenvalue weighted by Crippen LogP contribution is 2.23. The summed E-state index contributed by atoms with van der Waals surface area (Å²) in [5, 5.41) is 8.31. The summed E-state index contributed by atoms with van der Waals surface area (Å²) < 4.78 is 22.9. The van der Waals surface area contributed by atoms with Gasteiger partial charge in [-0.25, -0.2) is 13.6 Å². The Kier molecular flexibility index (Phi) is 4.98. The number of nitrogen functional groups attached to an aromatic ring is 1. The molecule has 0 heterocycles. The summed E-state index contributed by atoms with van der Waals surface area (Å²) in [4.78, 5) is 0.0495. The van der Waals surface area contributed by atoms with E-state index in [1.807, 2.05) is 0 Å². The van der Waals surface area contributed by atoms with Crippen LogP contribution in [0.15, 0.2) is 23.1 Å². The van der Waals surface area contributed by atoms with E-state index in [2.05, 4.69) is 19.2 Å². The van der Waals surface area contributed by atoms with E-state index in [9.17, 15) is 8.42 Å². The lowest BCUT2D eigenvalue weighted by molar-refractivity contribution is 0.518. The van der Waals surface area contributed by atoms with E-state index in [0.29, 0.717) is 17.3 Å². The van der Waals surface area contributed by atoms with Gasteiger partial charge >= 0.3 is 0 Å². The van der Waals surface area contributed by atoms with Crippen molar-refractivity contribution in [2.45, 2.75) is 31.6 Å². The number of primary sulfonamides is 1. The third-order valence-corrected chi connectivity index (χ3v) is 4.00. The van der Waals surface area contributed by atoms with Crippen LogP contribution in [-0.2, 0) is 10.0 Å². The quantitative estimate of drug-likeness (QED) is 0.687. The first kappa shape index (κ1) is 14.8. The van der Waals surface area contributed by atoms with Crippen molar-refractivity contribution in [3.8, 4) is 0 Å². The zero-order valence-corrected chi connectivity index (χ0v) is 11.6. The molecule has 0 fully saturated rings. The fraction of sp³-hybridized carbons (Fsp3) is 0.500. The molecule has 5 N–H and O–H groups in total. The second-order valence-electron chi connectivity index (χ2n) is 4.36. The molecule has 5 nitrogen and oxygen atoms in total. The minimum Gasteiger partial charge on any atom is -0.399 e. The molecule has 6 heteroatoms. The maximum atomic E-state index is 11.5. The second kappa shape index (κ2) is 6.06. The van der Waals surface area contributed by atoms with E-state index in [0.717, 1.165) is 19.4 Å². The number of rotatable bonds is 6. The highest BCUT2D eigenvalue weighted by molar-refractivity contribution is 7.89. The number of benzene rings is 1. The number of nitrogens with one attached hydrogen (secondary N) is 1. The molecule has 0 aliphatic rings. The highest BCUT2D eigenvalue weighted by Gasteiger charge is 2.15. The van der Waals surface area contributed by atoms with Crippen LogP contribution in [0.3, 0.4) is 0 Å². The molecule has 18 heavy (non-hydrogen) atoms. The smallest absolute Gasteiger partial charge is 0.240 e. The molecular weight excluding hydrogens is 250 g/mol. The molecule has 0 bridgehead atoms. The zero-order chi connectivity index (χ0) is 13.8. The van der Waals surface area contributed by atoms with Gasteiger partial charge in [0.25, 0.3) is 0 Å². The van der Waals surface area contributed by atoms with Crippen LogP contribution in [-0.4, -0.2) is 15.0 Å². The zero-order valence-electron chi connectivity index (χ0n) is 10.8. The maximum absolute atomic E-state index is 11.5. The lowest BCUT2D eigenvalue weighted by Crippen LogP contribution is -2.18. The first-order chi connectivity index (χ1) is 8.38. The third-order valence-electron chi connectivity index (χ3n) is 3.05. The van der Waals surface area contributed by atoms with Crippen LogP contribution in [0.1, 0.15) is 26.7 Å². The Morgan fingerprint density at radius 2 is 1.89 bits per heavy atom. The first-order valence-corrected chi connectivity index (χ1v) is 7.59. The van der Waals surface area contributed by atoms with Gasteiger partial charge in [0.1, 0.15) is 4.90 Å². The average Bonchev–Trinajstić information content (AvgIpc) is 2.30. The predicted octanol–water partition coefficient (Wildman–Crippen LogP) is 1.76. The predicted molar refractivity (Wildman–Crippen MR) is 74.8 cm³/mol. The molecule has 0 atom stereocenters. The summed E-state index contributed by atoms with van der Waals surface area (Å²) in [5.41, 5.74) is 6.48. The summed E-state index contributed by atoms with van der Waals surface area (Å²) in [5.74, 6) is 0.510. The van der Waals surface area contributed by atoms with Crippen molar-refractivity contribution in [3.63, 3.8) is 0 Å².